The lowest BCUT2D eigenvalue weighted by Crippen LogP contribution is -2.62. The number of hydrogen-bond acceptors (Lipinski definition) is 5. The van der Waals surface area contributed by atoms with Crippen LogP contribution in [0.25, 0.3) is 0 Å². The zero-order chi connectivity index (χ0) is 20.6. The molecule has 0 aliphatic carbocycles. The van der Waals surface area contributed by atoms with Crippen molar-refractivity contribution in [2.45, 2.75) is 77.7 Å². The molecule has 1 aromatic heterocycles. The second-order valence-electron chi connectivity index (χ2n) is 9.85. The van der Waals surface area contributed by atoms with Crippen LogP contribution in [0.4, 0.5) is 0 Å². The highest BCUT2D eigenvalue weighted by Gasteiger charge is 2.40. The van der Waals surface area contributed by atoms with Crippen LogP contribution in [0.2, 0.25) is 0 Å². The van der Waals surface area contributed by atoms with Crippen molar-refractivity contribution in [2.75, 3.05) is 6.79 Å². The monoisotopic (exact) mass is 395 g/mol. The zero-order valence-corrected chi connectivity index (χ0v) is 18.3. The second kappa shape index (κ2) is 7.62. The maximum absolute atomic E-state index is 5.65. The Hall–Kier alpha value is -2.11. The third-order valence-corrected chi connectivity index (χ3v) is 6.02. The van der Waals surface area contributed by atoms with Gasteiger partial charge in [0.1, 0.15) is 0 Å². The van der Waals surface area contributed by atoms with E-state index in [0.717, 1.165) is 37.4 Å². The number of pyridine rings is 1. The summed E-state index contributed by atoms with van der Waals surface area (Å²) < 4.78 is 11.2. The lowest BCUT2D eigenvalue weighted by atomic mass is 9.78. The third kappa shape index (κ3) is 4.73. The van der Waals surface area contributed by atoms with Crippen LogP contribution in [0, 0.1) is 6.92 Å². The SMILES string of the molecule is Cc1cc2c(cc1CN(Cc1ccncc1)C1CC(C)(C)NC(C)(C)C1)OCO2. The highest BCUT2D eigenvalue weighted by Crippen LogP contribution is 2.37. The molecule has 0 spiro atoms. The summed E-state index contributed by atoms with van der Waals surface area (Å²) in [5.74, 6) is 1.72. The summed E-state index contributed by atoms with van der Waals surface area (Å²) in [6.45, 7) is 13.5. The minimum absolute atomic E-state index is 0.104. The topological polar surface area (TPSA) is 46.6 Å². The highest BCUT2D eigenvalue weighted by molar-refractivity contribution is 5.48. The maximum atomic E-state index is 5.65. The minimum atomic E-state index is 0.104. The number of ether oxygens (including phenoxy) is 2. The number of aryl methyl sites for hydroxylation is 1. The molecule has 5 heteroatoms. The zero-order valence-electron chi connectivity index (χ0n) is 18.3. The van der Waals surface area contributed by atoms with Crippen molar-refractivity contribution < 1.29 is 9.47 Å². The van der Waals surface area contributed by atoms with E-state index in [1.165, 1.54) is 16.7 Å². The average Bonchev–Trinajstić information content (AvgIpc) is 3.06. The molecule has 1 aromatic carbocycles. The average molecular weight is 396 g/mol. The number of rotatable bonds is 5. The summed E-state index contributed by atoms with van der Waals surface area (Å²) in [4.78, 5) is 6.82. The van der Waals surface area contributed by atoms with Crippen LogP contribution in [0.15, 0.2) is 36.7 Å². The minimum Gasteiger partial charge on any atom is -0.454 e. The van der Waals surface area contributed by atoms with Crippen molar-refractivity contribution in [3.8, 4) is 11.5 Å². The van der Waals surface area contributed by atoms with Crippen molar-refractivity contribution in [3.63, 3.8) is 0 Å². The van der Waals surface area contributed by atoms with Gasteiger partial charge in [-0.2, -0.15) is 0 Å². The Labute approximate surface area is 174 Å². The van der Waals surface area contributed by atoms with Gasteiger partial charge < -0.3 is 14.8 Å². The summed E-state index contributed by atoms with van der Waals surface area (Å²) in [5, 5.41) is 3.82. The molecule has 2 aromatic rings. The quantitative estimate of drug-likeness (QED) is 0.811. The fourth-order valence-electron chi connectivity index (χ4n) is 5.04. The van der Waals surface area contributed by atoms with E-state index in [0.29, 0.717) is 12.8 Å². The molecule has 0 saturated carbocycles. The molecule has 3 heterocycles. The van der Waals surface area contributed by atoms with Gasteiger partial charge in [0, 0.05) is 42.6 Å². The summed E-state index contributed by atoms with van der Waals surface area (Å²) in [7, 11) is 0. The molecule has 5 nitrogen and oxygen atoms in total. The van der Waals surface area contributed by atoms with Gasteiger partial charge in [0.2, 0.25) is 6.79 Å². The summed E-state index contributed by atoms with van der Waals surface area (Å²) in [6.07, 6.45) is 6.00. The van der Waals surface area contributed by atoms with Crippen LogP contribution in [-0.2, 0) is 13.1 Å². The van der Waals surface area contributed by atoms with E-state index in [1.54, 1.807) is 0 Å². The van der Waals surface area contributed by atoms with Crippen molar-refractivity contribution in [3.05, 3.63) is 53.3 Å². The van der Waals surface area contributed by atoms with Crippen LogP contribution < -0.4 is 14.8 Å². The van der Waals surface area contributed by atoms with E-state index in [4.69, 9.17) is 9.47 Å². The molecule has 2 aliphatic heterocycles. The number of aromatic nitrogens is 1. The molecule has 1 saturated heterocycles. The van der Waals surface area contributed by atoms with Crippen LogP contribution in [-0.4, -0.2) is 33.8 Å². The van der Waals surface area contributed by atoms with Gasteiger partial charge in [-0.25, -0.2) is 0 Å². The molecule has 156 valence electrons. The van der Waals surface area contributed by atoms with Gasteiger partial charge in [0.25, 0.3) is 0 Å². The standard InChI is InChI=1S/C24H33N3O2/c1-17-10-21-22(29-16-28-21)11-19(17)15-27(14-18-6-8-25-9-7-18)20-12-23(2,3)26-24(4,5)13-20/h6-11,20,26H,12-16H2,1-5H3. The largest absolute Gasteiger partial charge is 0.454 e. The van der Waals surface area contributed by atoms with Gasteiger partial charge >= 0.3 is 0 Å². The van der Waals surface area contributed by atoms with Crippen molar-refractivity contribution in [1.82, 2.24) is 15.2 Å². The number of benzene rings is 1. The van der Waals surface area contributed by atoms with Crippen molar-refractivity contribution in [1.29, 1.82) is 0 Å². The molecule has 1 N–H and O–H groups in total. The molecule has 2 aliphatic rings. The first-order valence-corrected chi connectivity index (χ1v) is 10.5. The molecule has 0 bridgehead atoms. The van der Waals surface area contributed by atoms with Gasteiger partial charge in [-0.1, -0.05) is 0 Å². The van der Waals surface area contributed by atoms with E-state index in [2.05, 4.69) is 74.1 Å². The molecule has 0 atom stereocenters. The number of piperidine rings is 1. The summed E-state index contributed by atoms with van der Waals surface area (Å²) >= 11 is 0. The smallest absolute Gasteiger partial charge is 0.231 e. The predicted molar refractivity (Wildman–Crippen MR) is 115 cm³/mol. The van der Waals surface area contributed by atoms with Gasteiger partial charge in [-0.3, -0.25) is 9.88 Å². The van der Waals surface area contributed by atoms with Crippen molar-refractivity contribution >= 4 is 0 Å². The Morgan fingerprint density at radius 2 is 1.62 bits per heavy atom. The Balaban J connectivity index is 1.64. The van der Waals surface area contributed by atoms with Crippen LogP contribution in [0.3, 0.4) is 0 Å². The lowest BCUT2D eigenvalue weighted by molar-refractivity contribution is 0.0562. The van der Waals surface area contributed by atoms with Crippen LogP contribution >= 0.6 is 0 Å². The normalized spacial score (nSPS) is 20.2. The van der Waals surface area contributed by atoms with E-state index in [9.17, 15) is 0 Å². The number of nitrogens with zero attached hydrogens (tertiary/aromatic N) is 2. The molecule has 0 radical (unpaired) electrons. The Kier molecular flexibility index (Phi) is 5.30. The van der Waals surface area contributed by atoms with Gasteiger partial charge in [0.15, 0.2) is 11.5 Å². The molecule has 29 heavy (non-hydrogen) atoms. The fraction of sp³-hybridized carbons (Fsp3) is 0.542. The Morgan fingerprint density at radius 1 is 1.00 bits per heavy atom. The molecule has 1 fully saturated rings. The first-order chi connectivity index (χ1) is 13.7. The van der Waals surface area contributed by atoms with E-state index in [-0.39, 0.29) is 11.1 Å². The van der Waals surface area contributed by atoms with Gasteiger partial charge in [0.05, 0.1) is 0 Å². The molecular weight excluding hydrogens is 362 g/mol. The van der Waals surface area contributed by atoms with E-state index >= 15 is 0 Å². The predicted octanol–water partition coefficient (Wildman–Crippen LogP) is 4.43. The molecule has 0 unspecified atom stereocenters. The lowest BCUT2D eigenvalue weighted by Gasteiger charge is -2.50. The second-order valence-corrected chi connectivity index (χ2v) is 9.85. The number of nitrogens with one attached hydrogen (secondary N) is 1. The summed E-state index contributed by atoms with van der Waals surface area (Å²) in [6, 6.07) is 9.00. The Morgan fingerprint density at radius 3 is 2.28 bits per heavy atom. The maximum Gasteiger partial charge on any atom is 0.231 e. The number of fused-ring (bicyclic) bond motifs is 1. The molecule has 4 rings (SSSR count). The van der Waals surface area contributed by atoms with Gasteiger partial charge in [-0.05, 0) is 88.4 Å². The first kappa shape index (κ1) is 20.2. The van der Waals surface area contributed by atoms with Gasteiger partial charge in [-0.15, -0.1) is 0 Å². The molecule has 0 amide bonds. The van der Waals surface area contributed by atoms with Crippen LogP contribution in [0.1, 0.15) is 57.2 Å². The number of hydrogen-bond donors (Lipinski definition) is 1. The molecular formula is C24H33N3O2. The van der Waals surface area contributed by atoms with Crippen molar-refractivity contribution in [2.24, 2.45) is 0 Å². The fourth-order valence-corrected chi connectivity index (χ4v) is 5.04. The van der Waals surface area contributed by atoms with Crippen LogP contribution in [0.5, 0.6) is 11.5 Å². The Bertz CT molecular complexity index is 848. The third-order valence-electron chi connectivity index (χ3n) is 6.02. The van der Waals surface area contributed by atoms with E-state index < -0.39 is 0 Å². The first-order valence-electron chi connectivity index (χ1n) is 10.5. The summed E-state index contributed by atoms with van der Waals surface area (Å²) in [5.41, 5.74) is 4.06. The highest BCUT2D eigenvalue weighted by atomic mass is 16.7. The van der Waals surface area contributed by atoms with E-state index in [1.807, 2.05) is 12.4 Å².